The molecule has 0 spiro atoms. The number of rotatable bonds is 13. The number of nitrogens with zero attached hydrogens (tertiary/aromatic N) is 4. The van der Waals surface area contributed by atoms with Gasteiger partial charge in [0.15, 0.2) is 11.2 Å². The number of anilines is 6. The Morgan fingerprint density at radius 2 is 0.602 bits per heavy atom. The first kappa shape index (κ1) is 56.3. The van der Waals surface area contributed by atoms with Crippen molar-refractivity contribution in [3.05, 3.63) is 340 Å². The summed E-state index contributed by atoms with van der Waals surface area (Å²) in [5, 5.41) is 6.17. The Morgan fingerprint density at radius 1 is 0.194 bits per heavy atom. The molecule has 0 bridgehead atoms. The molecule has 0 aliphatic rings. The van der Waals surface area contributed by atoms with Gasteiger partial charge in [0.2, 0.25) is 11.8 Å². The number of hydrogen-bond donors (Lipinski definition) is 0. The average molecular weight is 1260 g/mol. The predicted octanol–water partition coefficient (Wildman–Crippen LogP) is 25.5. The van der Waals surface area contributed by atoms with Crippen LogP contribution in [0.4, 0.5) is 34.1 Å². The Morgan fingerprint density at radius 3 is 1.20 bits per heavy atom. The van der Waals surface area contributed by atoms with Gasteiger partial charge in [0.1, 0.15) is 33.4 Å². The van der Waals surface area contributed by atoms with E-state index in [-0.39, 0.29) is 0 Å². The van der Waals surface area contributed by atoms with Gasteiger partial charge in [-0.2, -0.15) is 0 Å². The maximum Gasteiger partial charge on any atom is 0.227 e. The van der Waals surface area contributed by atoms with Crippen molar-refractivity contribution in [2.45, 2.75) is 0 Å². The van der Waals surface area contributed by atoms with E-state index in [4.69, 9.17) is 27.6 Å². The molecule has 460 valence electrons. The number of benzene rings is 15. The molecule has 98 heavy (non-hydrogen) atoms. The Kier molecular flexibility index (Phi) is 13.4. The number of para-hydroxylation sites is 1. The minimum Gasteiger partial charge on any atom is -0.456 e. The second-order valence-corrected chi connectivity index (χ2v) is 24.8. The van der Waals surface area contributed by atoms with E-state index >= 15 is 0 Å². The minimum absolute atomic E-state index is 0.536. The zero-order chi connectivity index (χ0) is 64.6. The van der Waals surface area contributed by atoms with Gasteiger partial charge < -0.3 is 27.5 Å². The summed E-state index contributed by atoms with van der Waals surface area (Å²) in [6, 6.07) is 119. The molecule has 19 rings (SSSR count). The Hall–Kier alpha value is -13.3. The summed E-state index contributed by atoms with van der Waals surface area (Å²) in [5.41, 5.74) is 24.9. The summed E-state index contributed by atoms with van der Waals surface area (Å²) in [5.74, 6) is 1.12. The van der Waals surface area contributed by atoms with Gasteiger partial charge in [0, 0.05) is 90.6 Å². The van der Waals surface area contributed by atoms with E-state index in [9.17, 15) is 0 Å². The molecular formula is C90H56N4O4. The zero-order valence-corrected chi connectivity index (χ0v) is 52.8. The van der Waals surface area contributed by atoms with Crippen LogP contribution in [0.15, 0.2) is 357 Å². The lowest BCUT2D eigenvalue weighted by Crippen LogP contribution is -2.11. The number of aromatic nitrogens is 2. The smallest absolute Gasteiger partial charge is 0.227 e. The summed E-state index contributed by atoms with van der Waals surface area (Å²) in [6.07, 6.45) is 0. The maximum absolute atomic E-state index is 6.78. The summed E-state index contributed by atoms with van der Waals surface area (Å²) in [4.78, 5) is 14.7. The van der Waals surface area contributed by atoms with Crippen molar-refractivity contribution in [1.29, 1.82) is 0 Å². The van der Waals surface area contributed by atoms with Crippen LogP contribution in [0.2, 0.25) is 0 Å². The van der Waals surface area contributed by atoms with E-state index in [0.717, 1.165) is 161 Å². The van der Waals surface area contributed by atoms with Crippen LogP contribution in [-0.2, 0) is 0 Å². The minimum atomic E-state index is 0.536. The highest BCUT2D eigenvalue weighted by Gasteiger charge is 2.24. The average Bonchev–Trinajstić information content (AvgIpc) is 1.47. The third-order valence-corrected chi connectivity index (χ3v) is 18.9. The zero-order valence-electron chi connectivity index (χ0n) is 52.8. The standard InChI is InChI=1S/C90H56N4O4/c1-6-20-57(21-7-1)59-36-39-68(40-37-59)94(70-42-44-75-77-53-79-87(55-85(77)96-84(75)52-70)97-89(91-79)61-26-12-4-13-27-61)81-47-45-71(72-34-16-17-35-73(72)81)65-30-18-28-62(48-65)63-29-19-31-66(49-63)90-92-80-54-78-74-43-41-69(51-83(74)95-86(78)56-88(80)98-90)93(67-32-14-5-15-33-67)82-46-38-64(58-22-8-2-9-23-58)50-76(82)60-24-10-3-11-25-60/h1-56H. The molecule has 4 aromatic heterocycles. The molecule has 0 aliphatic carbocycles. The van der Waals surface area contributed by atoms with Crippen molar-refractivity contribution >= 4 is 111 Å². The number of oxazole rings is 2. The van der Waals surface area contributed by atoms with E-state index in [1.165, 1.54) is 5.56 Å². The monoisotopic (exact) mass is 1260 g/mol. The second kappa shape index (κ2) is 23.3. The summed E-state index contributed by atoms with van der Waals surface area (Å²) >= 11 is 0. The van der Waals surface area contributed by atoms with Crippen LogP contribution in [0.1, 0.15) is 0 Å². The van der Waals surface area contributed by atoms with Gasteiger partial charge in [0.05, 0.1) is 11.4 Å². The molecule has 0 aliphatic heterocycles. The van der Waals surface area contributed by atoms with Crippen LogP contribution in [0.5, 0.6) is 0 Å². The van der Waals surface area contributed by atoms with Crippen LogP contribution < -0.4 is 9.80 Å². The fourth-order valence-electron chi connectivity index (χ4n) is 14.2. The lowest BCUT2D eigenvalue weighted by atomic mass is 9.93. The fraction of sp³-hybridized carbons (Fsp3) is 0. The molecule has 8 nitrogen and oxygen atoms in total. The van der Waals surface area contributed by atoms with Crippen LogP contribution in [-0.4, -0.2) is 9.97 Å². The van der Waals surface area contributed by atoms with Crippen molar-refractivity contribution in [3.63, 3.8) is 0 Å². The summed E-state index contributed by atoms with van der Waals surface area (Å²) in [6.45, 7) is 0. The highest BCUT2D eigenvalue weighted by molar-refractivity contribution is 6.13. The molecule has 0 fully saturated rings. The molecular weight excluding hydrogens is 1200 g/mol. The molecule has 0 N–H and O–H groups in total. The Labute approximate surface area is 563 Å². The fourth-order valence-corrected chi connectivity index (χ4v) is 14.2. The van der Waals surface area contributed by atoms with Crippen molar-refractivity contribution in [2.75, 3.05) is 9.80 Å². The van der Waals surface area contributed by atoms with Gasteiger partial charge >= 0.3 is 0 Å². The number of fused-ring (bicyclic) bond motifs is 9. The van der Waals surface area contributed by atoms with Crippen LogP contribution in [0, 0.1) is 0 Å². The summed E-state index contributed by atoms with van der Waals surface area (Å²) in [7, 11) is 0. The van der Waals surface area contributed by atoms with Gasteiger partial charge in [-0.3, -0.25) is 0 Å². The van der Waals surface area contributed by atoms with E-state index < -0.39 is 0 Å². The molecule has 4 heterocycles. The van der Waals surface area contributed by atoms with E-state index in [2.05, 4.69) is 307 Å². The van der Waals surface area contributed by atoms with Crippen LogP contribution in [0.25, 0.3) is 155 Å². The SMILES string of the molecule is c1ccc(-c2ccc(N(c3ccc4c(c3)oc3cc5oc(-c6ccccc6)nc5cc34)c3ccc(-c4cccc(-c5cccc(-c6nc7cc8c(cc7o6)oc6cc(N(c7ccccc7)c7ccc(-c9ccccc9)cc7-c7ccccc7)ccc68)c5)c4)c4ccccc34)cc2)cc1. The maximum atomic E-state index is 6.78. The van der Waals surface area contributed by atoms with Crippen molar-refractivity contribution in [2.24, 2.45) is 0 Å². The lowest BCUT2D eigenvalue weighted by molar-refractivity contribution is 0.617. The molecule has 15 aromatic carbocycles. The Balaban J connectivity index is 0.644. The van der Waals surface area contributed by atoms with E-state index in [0.29, 0.717) is 22.9 Å². The second-order valence-electron chi connectivity index (χ2n) is 24.8. The van der Waals surface area contributed by atoms with E-state index in [1.807, 2.05) is 42.5 Å². The molecule has 0 amide bonds. The summed E-state index contributed by atoms with van der Waals surface area (Å²) < 4.78 is 26.4. The van der Waals surface area contributed by atoms with Gasteiger partial charge in [-0.1, -0.05) is 206 Å². The highest BCUT2D eigenvalue weighted by atomic mass is 16.4. The lowest BCUT2D eigenvalue weighted by Gasteiger charge is -2.28. The predicted molar refractivity (Wildman–Crippen MR) is 401 cm³/mol. The molecule has 0 saturated heterocycles. The Bertz CT molecular complexity index is 6240. The largest absolute Gasteiger partial charge is 0.456 e. The molecule has 0 atom stereocenters. The van der Waals surface area contributed by atoms with Gasteiger partial charge in [-0.05, 0) is 165 Å². The highest BCUT2D eigenvalue weighted by Crippen LogP contribution is 2.48. The van der Waals surface area contributed by atoms with Crippen LogP contribution in [0.3, 0.4) is 0 Å². The molecule has 8 heteroatoms. The van der Waals surface area contributed by atoms with Crippen molar-refractivity contribution < 1.29 is 17.7 Å². The van der Waals surface area contributed by atoms with Gasteiger partial charge in [0.25, 0.3) is 0 Å². The molecule has 19 aromatic rings. The topological polar surface area (TPSA) is 84.8 Å². The third kappa shape index (κ3) is 9.94. The van der Waals surface area contributed by atoms with Crippen molar-refractivity contribution in [3.8, 4) is 78.5 Å². The normalized spacial score (nSPS) is 11.7. The van der Waals surface area contributed by atoms with Crippen LogP contribution >= 0.6 is 0 Å². The first-order valence-corrected chi connectivity index (χ1v) is 32.9. The number of furan rings is 2. The van der Waals surface area contributed by atoms with Gasteiger partial charge in [-0.25, -0.2) is 9.97 Å². The molecule has 0 unspecified atom stereocenters. The van der Waals surface area contributed by atoms with E-state index in [1.54, 1.807) is 0 Å². The first-order valence-electron chi connectivity index (χ1n) is 32.9. The third-order valence-electron chi connectivity index (χ3n) is 18.9. The quantitative estimate of drug-likeness (QED) is 0.113. The molecule has 0 radical (unpaired) electrons. The van der Waals surface area contributed by atoms with Crippen molar-refractivity contribution in [1.82, 2.24) is 9.97 Å². The van der Waals surface area contributed by atoms with Gasteiger partial charge in [-0.15, -0.1) is 0 Å². The first-order chi connectivity index (χ1) is 48.5. The number of hydrogen-bond acceptors (Lipinski definition) is 8. The molecule has 0 saturated carbocycles.